The van der Waals surface area contributed by atoms with Crippen LogP contribution in [-0.4, -0.2) is 15.6 Å². The smallest absolute Gasteiger partial charge is 0.331 e. The van der Waals surface area contributed by atoms with E-state index in [4.69, 9.17) is 5.11 Å². The van der Waals surface area contributed by atoms with Gasteiger partial charge < -0.3 is 9.67 Å². The van der Waals surface area contributed by atoms with Crippen molar-refractivity contribution in [1.82, 2.24) is 4.57 Å². The number of aliphatic carboxylic acids is 1. The van der Waals surface area contributed by atoms with Crippen LogP contribution in [0.25, 0.3) is 27.9 Å². The molecular weight excluding hydrogens is 262 g/mol. The first kappa shape index (κ1) is 13.4. The molecule has 0 saturated heterocycles. The zero-order valence-corrected chi connectivity index (χ0v) is 12.1. The molecule has 0 aliphatic carbocycles. The lowest BCUT2D eigenvalue weighted by molar-refractivity contribution is -0.132. The zero-order valence-electron chi connectivity index (χ0n) is 12.1. The fraction of sp³-hybridized carbons (Fsp3) is 0.167. The molecule has 0 aliphatic heterocycles. The van der Waals surface area contributed by atoms with Crippen molar-refractivity contribution in [1.29, 1.82) is 0 Å². The second-order valence-electron chi connectivity index (χ2n) is 5.17. The van der Waals surface area contributed by atoms with E-state index in [1.807, 2.05) is 18.2 Å². The molecular formula is C18H17NO2. The van der Waals surface area contributed by atoms with Crippen LogP contribution < -0.4 is 0 Å². The highest BCUT2D eigenvalue weighted by atomic mass is 16.4. The van der Waals surface area contributed by atoms with Gasteiger partial charge in [0.05, 0.1) is 0 Å². The molecule has 1 aromatic heterocycles. The monoisotopic (exact) mass is 279 g/mol. The third kappa shape index (κ3) is 2.21. The topological polar surface area (TPSA) is 42.2 Å². The minimum Gasteiger partial charge on any atom is -0.478 e. The van der Waals surface area contributed by atoms with Crippen LogP contribution in [0.4, 0.5) is 0 Å². The highest BCUT2D eigenvalue weighted by Crippen LogP contribution is 2.30. The van der Waals surface area contributed by atoms with Crippen LogP contribution in [0.5, 0.6) is 0 Å². The first-order chi connectivity index (χ1) is 10.1. The lowest BCUT2D eigenvalue weighted by Crippen LogP contribution is -1.95. The number of carbonyl (C=O) groups is 1. The van der Waals surface area contributed by atoms with E-state index in [1.165, 1.54) is 21.8 Å². The summed E-state index contributed by atoms with van der Waals surface area (Å²) >= 11 is 0. The standard InChI is InChI=1S/C18H17NO2/c1-3-19-16-7-5-4-6-14(16)15-11-13(8-9-17(15)19)10-12(2)18(20)21/h4-11H,3H2,1-2H3,(H,20,21). The summed E-state index contributed by atoms with van der Waals surface area (Å²) in [5.41, 5.74) is 3.66. The Morgan fingerprint density at radius 3 is 2.57 bits per heavy atom. The Morgan fingerprint density at radius 2 is 1.86 bits per heavy atom. The Bertz CT molecular complexity index is 871. The van der Waals surface area contributed by atoms with Crippen molar-refractivity contribution in [3.63, 3.8) is 0 Å². The average Bonchev–Trinajstić information content (AvgIpc) is 2.80. The van der Waals surface area contributed by atoms with Gasteiger partial charge >= 0.3 is 5.97 Å². The van der Waals surface area contributed by atoms with Crippen molar-refractivity contribution in [3.8, 4) is 0 Å². The van der Waals surface area contributed by atoms with Crippen LogP contribution in [0, 0.1) is 0 Å². The second-order valence-corrected chi connectivity index (χ2v) is 5.17. The molecule has 0 fully saturated rings. The maximum absolute atomic E-state index is 11.0. The Hall–Kier alpha value is -2.55. The molecule has 21 heavy (non-hydrogen) atoms. The SMILES string of the molecule is CCn1c2ccccc2c2cc(C=C(C)C(=O)O)ccc21. The highest BCUT2D eigenvalue weighted by Gasteiger charge is 2.09. The summed E-state index contributed by atoms with van der Waals surface area (Å²) in [6.45, 7) is 4.66. The molecule has 0 radical (unpaired) electrons. The molecule has 1 N–H and O–H groups in total. The van der Waals surface area contributed by atoms with Crippen LogP contribution >= 0.6 is 0 Å². The van der Waals surface area contributed by atoms with E-state index in [0.29, 0.717) is 5.57 Å². The van der Waals surface area contributed by atoms with Gasteiger partial charge in [-0.05, 0) is 43.7 Å². The number of benzene rings is 2. The van der Waals surface area contributed by atoms with Gasteiger partial charge in [0.2, 0.25) is 0 Å². The van der Waals surface area contributed by atoms with Gasteiger partial charge in [-0.3, -0.25) is 0 Å². The Morgan fingerprint density at radius 1 is 1.14 bits per heavy atom. The molecule has 106 valence electrons. The largest absolute Gasteiger partial charge is 0.478 e. The number of fused-ring (bicyclic) bond motifs is 3. The first-order valence-corrected chi connectivity index (χ1v) is 7.04. The Balaban J connectivity index is 2.29. The van der Waals surface area contributed by atoms with Crippen LogP contribution in [0.1, 0.15) is 19.4 Å². The van der Waals surface area contributed by atoms with Crippen LogP contribution in [-0.2, 0) is 11.3 Å². The van der Waals surface area contributed by atoms with Gasteiger partial charge in [-0.25, -0.2) is 4.79 Å². The summed E-state index contributed by atoms with van der Waals surface area (Å²) in [5.74, 6) is -0.883. The van der Waals surface area contributed by atoms with Crippen LogP contribution in [0.3, 0.4) is 0 Å². The molecule has 2 aromatic carbocycles. The molecule has 0 aliphatic rings. The predicted molar refractivity (Wildman–Crippen MR) is 86.4 cm³/mol. The number of nitrogens with zero attached hydrogens (tertiary/aromatic N) is 1. The van der Waals surface area contributed by atoms with Crippen molar-refractivity contribution >= 4 is 33.9 Å². The summed E-state index contributed by atoms with van der Waals surface area (Å²) in [6.07, 6.45) is 1.71. The van der Waals surface area contributed by atoms with E-state index in [9.17, 15) is 4.79 Å². The third-order valence-corrected chi connectivity index (χ3v) is 3.83. The lowest BCUT2D eigenvalue weighted by atomic mass is 10.1. The summed E-state index contributed by atoms with van der Waals surface area (Å²) in [5, 5.41) is 11.4. The molecule has 0 spiro atoms. The number of carboxylic acids is 1. The molecule has 0 atom stereocenters. The van der Waals surface area contributed by atoms with Crippen molar-refractivity contribution in [2.45, 2.75) is 20.4 Å². The Kier molecular flexibility index (Phi) is 3.26. The summed E-state index contributed by atoms with van der Waals surface area (Å²) in [6, 6.07) is 14.4. The summed E-state index contributed by atoms with van der Waals surface area (Å²) in [4.78, 5) is 11.0. The van der Waals surface area contributed by atoms with Gasteiger partial charge in [0.25, 0.3) is 0 Å². The van der Waals surface area contributed by atoms with Crippen molar-refractivity contribution in [2.24, 2.45) is 0 Å². The minimum absolute atomic E-state index is 0.341. The molecule has 3 rings (SSSR count). The third-order valence-electron chi connectivity index (χ3n) is 3.83. The van der Waals surface area contributed by atoms with Gasteiger partial charge in [-0.15, -0.1) is 0 Å². The van der Waals surface area contributed by atoms with Crippen molar-refractivity contribution in [2.75, 3.05) is 0 Å². The number of para-hydroxylation sites is 1. The molecule has 0 unspecified atom stereocenters. The fourth-order valence-corrected chi connectivity index (χ4v) is 2.81. The van der Waals surface area contributed by atoms with Gasteiger partial charge in [-0.1, -0.05) is 24.3 Å². The Labute approximate surface area is 123 Å². The van der Waals surface area contributed by atoms with Gasteiger partial charge in [0.1, 0.15) is 0 Å². The fourth-order valence-electron chi connectivity index (χ4n) is 2.81. The maximum Gasteiger partial charge on any atom is 0.331 e. The van der Waals surface area contributed by atoms with E-state index in [2.05, 4.69) is 35.8 Å². The maximum atomic E-state index is 11.0. The van der Waals surface area contributed by atoms with E-state index >= 15 is 0 Å². The minimum atomic E-state index is -0.883. The molecule has 3 heteroatoms. The van der Waals surface area contributed by atoms with E-state index in [0.717, 1.165) is 12.1 Å². The van der Waals surface area contributed by atoms with Gasteiger partial charge in [0.15, 0.2) is 0 Å². The van der Waals surface area contributed by atoms with Crippen LogP contribution in [0.2, 0.25) is 0 Å². The number of hydrogen-bond acceptors (Lipinski definition) is 1. The number of aromatic nitrogens is 1. The zero-order chi connectivity index (χ0) is 15.0. The van der Waals surface area contributed by atoms with E-state index in [-0.39, 0.29) is 0 Å². The highest BCUT2D eigenvalue weighted by molar-refractivity contribution is 6.08. The molecule has 0 bridgehead atoms. The molecule has 3 nitrogen and oxygen atoms in total. The van der Waals surface area contributed by atoms with E-state index in [1.54, 1.807) is 13.0 Å². The van der Waals surface area contributed by atoms with E-state index < -0.39 is 5.97 Å². The van der Waals surface area contributed by atoms with Gasteiger partial charge in [-0.2, -0.15) is 0 Å². The number of carboxylic acid groups (broad SMARTS) is 1. The normalized spacial score (nSPS) is 12.2. The lowest BCUT2D eigenvalue weighted by Gasteiger charge is -2.03. The quantitative estimate of drug-likeness (QED) is 0.726. The molecule has 3 aromatic rings. The predicted octanol–water partition coefficient (Wildman–Crippen LogP) is 4.30. The van der Waals surface area contributed by atoms with Gasteiger partial charge in [0, 0.05) is 33.9 Å². The summed E-state index contributed by atoms with van der Waals surface area (Å²) in [7, 11) is 0. The number of aryl methyl sites for hydroxylation is 1. The summed E-state index contributed by atoms with van der Waals surface area (Å²) < 4.78 is 2.28. The molecule has 1 heterocycles. The first-order valence-electron chi connectivity index (χ1n) is 7.04. The second kappa shape index (κ2) is 5.09. The van der Waals surface area contributed by atoms with Crippen LogP contribution in [0.15, 0.2) is 48.0 Å². The molecule has 0 saturated carbocycles. The molecule has 0 amide bonds. The average molecular weight is 279 g/mol. The number of rotatable bonds is 3. The van der Waals surface area contributed by atoms with Crippen molar-refractivity contribution in [3.05, 3.63) is 53.6 Å². The van der Waals surface area contributed by atoms with Crippen molar-refractivity contribution < 1.29 is 9.90 Å². The number of hydrogen-bond donors (Lipinski definition) is 1.